The molecule has 0 radical (unpaired) electrons. The zero-order chi connectivity index (χ0) is 12.3. The van der Waals surface area contributed by atoms with Crippen LogP contribution in [0.5, 0.6) is 0 Å². The summed E-state index contributed by atoms with van der Waals surface area (Å²) in [7, 11) is 0. The molecule has 0 aliphatic heterocycles. The first-order chi connectivity index (χ1) is 8.15. The number of halogens is 1. The third-order valence-electron chi connectivity index (χ3n) is 2.53. The van der Waals surface area contributed by atoms with Gasteiger partial charge in [0.1, 0.15) is 11.6 Å². The minimum atomic E-state index is -0.228. The fourth-order valence-corrected chi connectivity index (χ4v) is 1.62. The Balaban J connectivity index is 2.11. The minimum Gasteiger partial charge on any atom is -0.384 e. The summed E-state index contributed by atoms with van der Waals surface area (Å²) in [5, 5.41) is 3.28. The van der Waals surface area contributed by atoms with Crippen molar-refractivity contribution >= 4 is 11.5 Å². The van der Waals surface area contributed by atoms with Gasteiger partial charge in [0, 0.05) is 24.0 Å². The molecule has 4 heteroatoms. The van der Waals surface area contributed by atoms with Crippen LogP contribution < -0.4 is 11.1 Å². The van der Waals surface area contributed by atoms with Gasteiger partial charge in [0.25, 0.3) is 0 Å². The van der Waals surface area contributed by atoms with Crippen LogP contribution in [-0.4, -0.2) is 4.98 Å². The van der Waals surface area contributed by atoms with Crippen molar-refractivity contribution < 1.29 is 4.39 Å². The van der Waals surface area contributed by atoms with Crippen molar-refractivity contribution in [1.29, 1.82) is 0 Å². The van der Waals surface area contributed by atoms with Crippen molar-refractivity contribution in [3.8, 4) is 0 Å². The van der Waals surface area contributed by atoms with E-state index >= 15 is 0 Å². The van der Waals surface area contributed by atoms with Gasteiger partial charge in [0.05, 0.1) is 0 Å². The maximum Gasteiger partial charge on any atom is 0.125 e. The van der Waals surface area contributed by atoms with Crippen LogP contribution in [-0.2, 0) is 0 Å². The largest absolute Gasteiger partial charge is 0.384 e. The van der Waals surface area contributed by atoms with Gasteiger partial charge in [-0.15, -0.1) is 0 Å². The Morgan fingerprint density at radius 3 is 2.59 bits per heavy atom. The number of nitrogens with two attached hydrogens (primary N) is 1. The van der Waals surface area contributed by atoms with Gasteiger partial charge in [-0.25, -0.2) is 9.37 Å². The molecular weight excluding hydrogens is 217 g/mol. The Morgan fingerprint density at radius 1 is 1.24 bits per heavy atom. The average Bonchev–Trinajstić information content (AvgIpc) is 2.29. The van der Waals surface area contributed by atoms with Crippen molar-refractivity contribution in [2.45, 2.75) is 13.0 Å². The van der Waals surface area contributed by atoms with Crippen LogP contribution in [0.15, 0.2) is 42.6 Å². The SMILES string of the molecule is CC(Nc1ccnc(N)c1)c1ccc(F)cc1. The number of nitrogen functional groups attached to an aromatic ring is 1. The molecule has 1 aromatic heterocycles. The minimum absolute atomic E-state index is 0.0809. The number of pyridine rings is 1. The van der Waals surface area contributed by atoms with Gasteiger partial charge in [-0.1, -0.05) is 12.1 Å². The Bertz CT molecular complexity index is 496. The lowest BCUT2D eigenvalue weighted by atomic mass is 10.1. The molecule has 0 saturated carbocycles. The maximum absolute atomic E-state index is 12.8. The Labute approximate surface area is 99.5 Å². The molecule has 2 rings (SSSR count). The number of rotatable bonds is 3. The third-order valence-corrected chi connectivity index (χ3v) is 2.53. The second-order valence-electron chi connectivity index (χ2n) is 3.89. The molecule has 0 spiro atoms. The number of anilines is 2. The summed E-state index contributed by atoms with van der Waals surface area (Å²) in [6.45, 7) is 2.00. The summed E-state index contributed by atoms with van der Waals surface area (Å²) in [5.74, 6) is 0.246. The van der Waals surface area contributed by atoms with Crippen LogP contribution in [0, 0.1) is 5.82 Å². The lowest BCUT2D eigenvalue weighted by Gasteiger charge is -2.15. The van der Waals surface area contributed by atoms with E-state index in [1.807, 2.05) is 13.0 Å². The van der Waals surface area contributed by atoms with Crippen molar-refractivity contribution in [3.63, 3.8) is 0 Å². The summed E-state index contributed by atoms with van der Waals surface area (Å²) in [6.07, 6.45) is 1.65. The van der Waals surface area contributed by atoms with Crippen LogP contribution >= 0.6 is 0 Å². The zero-order valence-corrected chi connectivity index (χ0v) is 9.52. The monoisotopic (exact) mass is 231 g/mol. The van der Waals surface area contributed by atoms with Crippen LogP contribution in [0.3, 0.4) is 0 Å². The van der Waals surface area contributed by atoms with E-state index in [1.165, 1.54) is 12.1 Å². The average molecular weight is 231 g/mol. The normalized spacial score (nSPS) is 12.1. The predicted molar refractivity (Wildman–Crippen MR) is 67.1 cm³/mol. The highest BCUT2D eigenvalue weighted by Crippen LogP contribution is 2.19. The Kier molecular flexibility index (Phi) is 3.23. The first-order valence-electron chi connectivity index (χ1n) is 5.38. The molecule has 2 aromatic rings. The first kappa shape index (κ1) is 11.4. The van der Waals surface area contributed by atoms with Gasteiger partial charge in [0.2, 0.25) is 0 Å². The summed E-state index contributed by atoms with van der Waals surface area (Å²) in [6, 6.07) is 10.1. The molecule has 3 N–H and O–H groups in total. The maximum atomic E-state index is 12.8. The summed E-state index contributed by atoms with van der Waals surface area (Å²) < 4.78 is 12.8. The summed E-state index contributed by atoms with van der Waals surface area (Å²) in [5.41, 5.74) is 7.51. The predicted octanol–water partition coefficient (Wildman–Crippen LogP) is 2.98. The van der Waals surface area contributed by atoms with Gasteiger partial charge in [-0.3, -0.25) is 0 Å². The molecule has 17 heavy (non-hydrogen) atoms. The van der Waals surface area contributed by atoms with Crippen molar-refractivity contribution in [2.24, 2.45) is 0 Å². The molecule has 3 nitrogen and oxygen atoms in total. The third kappa shape index (κ3) is 2.93. The van der Waals surface area contributed by atoms with Gasteiger partial charge < -0.3 is 11.1 Å². The quantitative estimate of drug-likeness (QED) is 0.853. The second kappa shape index (κ2) is 4.82. The molecular formula is C13H14FN3. The van der Waals surface area contributed by atoms with Gasteiger partial charge >= 0.3 is 0 Å². The van der Waals surface area contributed by atoms with Crippen LogP contribution in [0.1, 0.15) is 18.5 Å². The molecule has 0 aliphatic rings. The van der Waals surface area contributed by atoms with E-state index in [9.17, 15) is 4.39 Å². The van der Waals surface area contributed by atoms with E-state index in [4.69, 9.17) is 5.73 Å². The molecule has 0 fully saturated rings. The summed E-state index contributed by atoms with van der Waals surface area (Å²) in [4.78, 5) is 3.92. The number of nitrogens with zero attached hydrogens (tertiary/aromatic N) is 1. The molecule has 1 heterocycles. The van der Waals surface area contributed by atoms with E-state index in [0.29, 0.717) is 5.82 Å². The van der Waals surface area contributed by atoms with E-state index < -0.39 is 0 Å². The number of hydrogen-bond acceptors (Lipinski definition) is 3. The van der Waals surface area contributed by atoms with Crippen LogP contribution in [0.4, 0.5) is 15.9 Å². The standard InChI is InChI=1S/C13H14FN3/c1-9(10-2-4-11(14)5-3-10)17-12-6-7-16-13(15)8-12/h2-9H,1H3,(H3,15,16,17). The second-order valence-corrected chi connectivity index (χ2v) is 3.89. The van der Waals surface area contributed by atoms with Gasteiger partial charge in [-0.2, -0.15) is 0 Å². The zero-order valence-electron chi connectivity index (χ0n) is 9.52. The fourth-order valence-electron chi connectivity index (χ4n) is 1.62. The molecule has 88 valence electrons. The highest BCUT2D eigenvalue weighted by atomic mass is 19.1. The van der Waals surface area contributed by atoms with Gasteiger partial charge in [-0.05, 0) is 30.7 Å². The van der Waals surface area contributed by atoms with E-state index in [0.717, 1.165) is 11.3 Å². The Morgan fingerprint density at radius 2 is 1.94 bits per heavy atom. The summed E-state index contributed by atoms with van der Waals surface area (Å²) >= 11 is 0. The van der Waals surface area contributed by atoms with E-state index in [-0.39, 0.29) is 11.9 Å². The number of hydrogen-bond donors (Lipinski definition) is 2. The van der Waals surface area contributed by atoms with E-state index in [2.05, 4.69) is 10.3 Å². The molecule has 1 aromatic carbocycles. The molecule has 1 unspecified atom stereocenters. The van der Waals surface area contributed by atoms with Crippen molar-refractivity contribution in [2.75, 3.05) is 11.1 Å². The first-order valence-corrected chi connectivity index (χ1v) is 5.38. The van der Waals surface area contributed by atoms with Gasteiger partial charge in [0.15, 0.2) is 0 Å². The highest BCUT2D eigenvalue weighted by molar-refractivity contribution is 5.51. The molecule has 0 aliphatic carbocycles. The number of benzene rings is 1. The smallest absolute Gasteiger partial charge is 0.125 e. The van der Waals surface area contributed by atoms with Crippen LogP contribution in [0.2, 0.25) is 0 Å². The van der Waals surface area contributed by atoms with Crippen molar-refractivity contribution in [3.05, 3.63) is 54.0 Å². The molecule has 0 amide bonds. The molecule has 0 saturated heterocycles. The fraction of sp³-hybridized carbons (Fsp3) is 0.154. The highest BCUT2D eigenvalue weighted by Gasteiger charge is 2.05. The molecule has 1 atom stereocenters. The topological polar surface area (TPSA) is 50.9 Å². The van der Waals surface area contributed by atoms with Crippen molar-refractivity contribution in [1.82, 2.24) is 4.98 Å². The van der Waals surface area contributed by atoms with E-state index in [1.54, 1.807) is 24.4 Å². The lowest BCUT2D eigenvalue weighted by molar-refractivity contribution is 0.626. The number of aromatic nitrogens is 1. The lowest BCUT2D eigenvalue weighted by Crippen LogP contribution is -2.07. The molecule has 0 bridgehead atoms. The van der Waals surface area contributed by atoms with Crippen LogP contribution in [0.25, 0.3) is 0 Å². The Hall–Kier alpha value is -2.10. The number of nitrogens with one attached hydrogen (secondary N) is 1.